The van der Waals surface area contributed by atoms with Gasteiger partial charge in [0.05, 0.1) is 11.1 Å². The van der Waals surface area contributed by atoms with E-state index in [1.54, 1.807) is 13.0 Å². The van der Waals surface area contributed by atoms with E-state index in [2.05, 4.69) is 17.1 Å². The number of hydrogen-bond acceptors (Lipinski definition) is 3. The number of benzene rings is 1. The van der Waals surface area contributed by atoms with Crippen LogP contribution in [0.3, 0.4) is 0 Å². The molecule has 1 N–H and O–H groups in total. The molecular formula is C16H22ClFN2O2. The number of nitrogens with zero attached hydrogens (tertiary/aromatic N) is 1. The molecule has 0 spiro atoms. The largest absolute Gasteiger partial charge is 0.372 e. The maximum atomic E-state index is 13.8. The minimum Gasteiger partial charge on any atom is -0.372 e. The van der Waals surface area contributed by atoms with E-state index in [0.29, 0.717) is 0 Å². The van der Waals surface area contributed by atoms with Crippen LogP contribution in [0.25, 0.3) is 0 Å². The van der Waals surface area contributed by atoms with Gasteiger partial charge in [0.25, 0.3) is 0 Å². The molecule has 0 radical (unpaired) electrons. The van der Waals surface area contributed by atoms with Crippen LogP contribution in [0, 0.1) is 5.82 Å². The van der Waals surface area contributed by atoms with Gasteiger partial charge in [0.15, 0.2) is 0 Å². The standard InChI is InChI=1S/C16H22ClFN2O2/c1-4-20-8-7-14(19-16(21)10(2)22-3)15(20)11-5-6-12(17)13(18)9-11/h5-6,9-10,14-15H,4,7-8H2,1-3H3,(H,19,21)/t10-,14-,15+/m0/s1. The normalized spacial score (nSPS) is 23.5. The lowest BCUT2D eigenvalue weighted by atomic mass is 9.99. The van der Waals surface area contributed by atoms with Gasteiger partial charge in [0.2, 0.25) is 5.91 Å². The van der Waals surface area contributed by atoms with Gasteiger partial charge in [0.1, 0.15) is 11.9 Å². The Morgan fingerprint density at radius 1 is 1.59 bits per heavy atom. The Kier molecular flexibility index (Phi) is 5.78. The lowest BCUT2D eigenvalue weighted by Gasteiger charge is -2.29. The average molecular weight is 329 g/mol. The van der Waals surface area contributed by atoms with Gasteiger partial charge in [-0.2, -0.15) is 0 Å². The summed E-state index contributed by atoms with van der Waals surface area (Å²) in [6.45, 7) is 5.46. The zero-order valence-corrected chi connectivity index (χ0v) is 13.9. The van der Waals surface area contributed by atoms with Crippen molar-refractivity contribution in [3.63, 3.8) is 0 Å². The molecule has 2 rings (SSSR count). The number of likely N-dealkylation sites (N-methyl/N-ethyl adjacent to an activating group) is 1. The molecule has 1 heterocycles. The molecule has 4 nitrogen and oxygen atoms in total. The third-order valence-corrected chi connectivity index (χ3v) is 4.55. The van der Waals surface area contributed by atoms with Gasteiger partial charge in [-0.25, -0.2) is 4.39 Å². The number of halogens is 2. The highest BCUT2D eigenvalue weighted by Crippen LogP contribution is 2.33. The smallest absolute Gasteiger partial charge is 0.249 e. The summed E-state index contributed by atoms with van der Waals surface area (Å²) in [6.07, 6.45) is 0.323. The number of hydrogen-bond donors (Lipinski definition) is 1. The summed E-state index contributed by atoms with van der Waals surface area (Å²) >= 11 is 5.76. The highest BCUT2D eigenvalue weighted by molar-refractivity contribution is 6.30. The molecule has 1 aromatic carbocycles. The molecule has 1 amide bonds. The first kappa shape index (κ1) is 17.2. The monoisotopic (exact) mass is 328 g/mol. The lowest BCUT2D eigenvalue weighted by molar-refractivity contribution is -0.131. The molecule has 6 heteroatoms. The second-order valence-corrected chi connectivity index (χ2v) is 5.94. The van der Waals surface area contributed by atoms with Crippen molar-refractivity contribution in [2.24, 2.45) is 0 Å². The Hall–Kier alpha value is -1.17. The Labute approximate surface area is 135 Å². The summed E-state index contributed by atoms with van der Waals surface area (Å²) in [5.74, 6) is -0.581. The molecule has 0 aliphatic carbocycles. The summed E-state index contributed by atoms with van der Waals surface area (Å²) in [6, 6.07) is 4.73. The molecule has 1 saturated heterocycles. The van der Waals surface area contributed by atoms with E-state index >= 15 is 0 Å². The van der Waals surface area contributed by atoms with Crippen LogP contribution in [-0.2, 0) is 9.53 Å². The van der Waals surface area contributed by atoms with Gasteiger partial charge >= 0.3 is 0 Å². The second-order valence-electron chi connectivity index (χ2n) is 5.53. The summed E-state index contributed by atoms with van der Waals surface area (Å²) < 4.78 is 18.8. The van der Waals surface area contributed by atoms with E-state index in [1.807, 2.05) is 6.07 Å². The SMILES string of the molecule is CCN1CC[C@H](NC(=O)[C@H](C)OC)[C@H]1c1ccc(Cl)c(F)c1. The van der Waals surface area contributed by atoms with Gasteiger partial charge in [-0.3, -0.25) is 9.69 Å². The zero-order valence-electron chi connectivity index (χ0n) is 13.1. The maximum Gasteiger partial charge on any atom is 0.249 e. The molecule has 1 aliphatic heterocycles. The second kappa shape index (κ2) is 7.40. The Morgan fingerprint density at radius 3 is 2.91 bits per heavy atom. The molecule has 22 heavy (non-hydrogen) atoms. The van der Waals surface area contributed by atoms with Gasteiger partial charge in [-0.15, -0.1) is 0 Å². The van der Waals surface area contributed by atoms with Crippen molar-refractivity contribution in [2.75, 3.05) is 20.2 Å². The van der Waals surface area contributed by atoms with Crippen LogP contribution in [0.15, 0.2) is 18.2 Å². The fourth-order valence-corrected chi connectivity index (χ4v) is 3.03. The molecule has 0 unspecified atom stereocenters. The van der Waals surface area contributed by atoms with Crippen molar-refractivity contribution in [1.82, 2.24) is 10.2 Å². The van der Waals surface area contributed by atoms with E-state index in [0.717, 1.165) is 25.1 Å². The Balaban J connectivity index is 2.22. The molecule has 1 aromatic rings. The number of amides is 1. The quantitative estimate of drug-likeness (QED) is 0.903. The molecule has 0 aromatic heterocycles. The number of rotatable bonds is 5. The third-order valence-electron chi connectivity index (χ3n) is 4.24. The van der Waals surface area contributed by atoms with Crippen molar-refractivity contribution < 1.29 is 13.9 Å². The summed E-state index contributed by atoms with van der Waals surface area (Å²) in [5, 5.41) is 3.13. The Morgan fingerprint density at radius 2 is 2.32 bits per heavy atom. The number of nitrogens with one attached hydrogen (secondary N) is 1. The summed E-state index contributed by atoms with van der Waals surface area (Å²) in [7, 11) is 1.50. The Bertz CT molecular complexity index is 541. The van der Waals surface area contributed by atoms with Crippen LogP contribution in [0.5, 0.6) is 0 Å². The van der Waals surface area contributed by atoms with Crippen LogP contribution in [0.1, 0.15) is 31.9 Å². The van der Waals surface area contributed by atoms with Crippen LogP contribution >= 0.6 is 11.6 Å². The molecule has 122 valence electrons. The van der Waals surface area contributed by atoms with Crippen LogP contribution in [-0.4, -0.2) is 43.2 Å². The van der Waals surface area contributed by atoms with Crippen molar-refractivity contribution >= 4 is 17.5 Å². The van der Waals surface area contributed by atoms with E-state index in [1.165, 1.54) is 13.2 Å². The van der Waals surface area contributed by atoms with Gasteiger partial charge in [-0.05, 0) is 37.6 Å². The predicted octanol–water partition coefficient (Wildman–Crippen LogP) is 2.77. The van der Waals surface area contributed by atoms with E-state index in [9.17, 15) is 9.18 Å². The zero-order chi connectivity index (χ0) is 16.3. The molecule has 0 saturated carbocycles. The first-order valence-corrected chi connectivity index (χ1v) is 7.87. The van der Waals surface area contributed by atoms with Crippen molar-refractivity contribution in [1.29, 1.82) is 0 Å². The molecular weight excluding hydrogens is 307 g/mol. The van der Waals surface area contributed by atoms with Crippen LogP contribution in [0.2, 0.25) is 5.02 Å². The minimum atomic E-state index is -0.502. The van der Waals surface area contributed by atoms with Gasteiger partial charge < -0.3 is 10.1 Å². The fourth-order valence-electron chi connectivity index (χ4n) is 2.91. The molecule has 3 atom stereocenters. The highest BCUT2D eigenvalue weighted by atomic mass is 35.5. The lowest BCUT2D eigenvalue weighted by Crippen LogP contribution is -2.44. The molecule has 1 fully saturated rings. The van der Waals surface area contributed by atoms with E-state index in [-0.39, 0.29) is 23.0 Å². The van der Waals surface area contributed by atoms with Gasteiger partial charge in [0, 0.05) is 19.7 Å². The molecule has 1 aliphatic rings. The van der Waals surface area contributed by atoms with E-state index in [4.69, 9.17) is 16.3 Å². The average Bonchev–Trinajstić information content (AvgIpc) is 2.91. The number of carbonyl (C=O) groups is 1. The topological polar surface area (TPSA) is 41.6 Å². The number of ether oxygens (including phenoxy) is 1. The van der Waals surface area contributed by atoms with E-state index < -0.39 is 11.9 Å². The third kappa shape index (κ3) is 3.59. The summed E-state index contributed by atoms with van der Waals surface area (Å²) in [4.78, 5) is 14.3. The summed E-state index contributed by atoms with van der Waals surface area (Å²) in [5.41, 5.74) is 0.830. The van der Waals surface area contributed by atoms with Crippen molar-refractivity contribution in [3.8, 4) is 0 Å². The molecule has 0 bridgehead atoms. The number of likely N-dealkylation sites (tertiary alicyclic amines) is 1. The van der Waals surface area contributed by atoms with Crippen LogP contribution in [0.4, 0.5) is 4.39 Å². The predicted molar refractivity (Wildman–Crippen MR) is 84.4 cm³/mol. The number of methoxy groups -OCH3 is 1. The van der Waals surface area contributed by atoms with Gasteiger partial charge in [-0.1, -0.05) is 24.6 Å². The highest BCUT2D eigenvalue weighted by Gasteiger charge is 2.36. The fraction of sp³-hybridized carbons (Fsp3) is 0.562. The first-order valence-electron chi connectivity index (χ1n) is 7.50. The first-order chi connectivity index (χ1) is 10.5. The maximum absolute atomic E-state index is 13.8. The van der Waals surface area contributed by atoms with Crippen molar-refractivity contribution in [3.05, 3.63) is 34.6 Å². The van der Waals surface area contributed by atoms with Crippen molar-refractivity contribution in [2.45, 2.75) is 38.5 Å². The number of carbonyl (C=O) groups excluding carboxylic acids is 1. The van der Waals surface area contributed by atoms with Crippen LogP contribution < -0.4 is 5.32 Å². The minimum absolute atomic E-state index is 0.0511.